The van der Waals surface area contributed by atoms with Gasteiger partial charge in [0.25, 0.3) is 5.97 Å². The lowest BCUT2D eigenvalue weighted by Crippen LogP contribution is -2.36. The number of rotatable bonds is 6. The van der Waals surface area contributed by atoms with Gasteiger partial charge in [-0.3, -0.25) is 14.6 Å². The van der Waals surface area contributed by atoms with Crippen molar-refractivity contribution in [3.8, 4) is 0 Å². The number of urea groups is 1. The Balaban J connectivity index is 0.000000589. The summed E-state index contributed by atoms with van der Waals surface area (Å²) in [5, 5.41) is 17.8. The van der Waals surface area contributed by atoms with Gasteiger partial charge in [-0.1, -0.05) is 12.5 Å². The van der Waals surface area contributed by atoms with Gasteiger partial charge in [0.1, 0.15) is 0 Å². The summed E-state index contributed by atoms with van der Waals surface area (Å²) < 4.78 is 0. The molecule has 2 aliphatic heterocycles. The van der Waals surface area contributed by atoms with Crippen molar-refractivity contribution >= 4 is 46.3 Å². The molecule has 3 atom stereocenters. The van der Waals surface area contributed by atoms with E-state index < -0.39 is 5.97 Å². The molecular formula is C21H26N4O4S. The van der Waals surface area contributed by atoms with Gasteiger partial charge >= 0.3 is 6.03 Å². The van der Waals surface area contributed by atoms with Crippen molar-refractivity contribution in [3.05, 3.63) is 36.5 Å². The molecule has 30 heavy (non-hydrogen) atoms. The van der Waals surface area contributed by atoms with Gasteiger partial charge in [-0.25, -0.2) is 4.79 Å². The number of hydrogen-bond acceptors (Lipinski definition) is 5. The Kier molecular flexibility index (Phi) is 7.51. The van der Waals surface area contributed by atoms with Crippen LogP contribution < -0.4 is 16.0 Å². The van der Waals surface area contributed by atoms with E-state index in [4.69, 9.17) is 9.90 Å². The number of amides is 3. The number of benzene rings is 1. The molecule has 2 aromatic rings. The fourth-order valence-electron chi connectivity index (χ4n) is 3.65. The van der Waals surface area contributed by atoms with E-state index in [2.05, 4.69) is 20.9 Å². The molecule has 160 valence electrons. The van der Waals surface area contributed by atoms with Crippen LogP contribution in [-0.4, -0.2) is 51.1 Å². The Labute approximate surface area is 179 Å². The lowest BCUT2D eigenvalue weighted by molar-refractivity contribution is -0.134. The maximum atomic E-state index is 12.2. The second kappa shape index (κ2) is 10.3. The molecule has 0 aliphatic carbocycles. The van der Waals surface area contributed by atoms with Crippen molar-refractivity contribution in [1.29, 1.82) is 0 Å². The largest absolute Gasteiger partial charge is 0.481 e. The van der Waals surface area contributed by atoms with Crippen molar-refractivity contribution < 1.29 is 19.5 Å². The second-order valence-corrected chi connectivity index (χ2v) is 8.62. The number of pyridine rings is 1. The van der Waals surface area contributed by atoms with E-state index in [1.165, 1.54) is 0 Å². The zero-order valence-corrected chi connectivity index (χ0v) is 17.6. The van der Waals surface area contributed by atoms with E-state index in [1.807, 2.05) is 42.1 Å². The van der Waals surface area contributed by atoms with E-state index in [0.717, 1.165) is 48.5 Å². The molecule has 4 rings (SSSR count). The number of carboxylic acids is 1. The summed E-state index contributed by atoms with van der Waals surface area (Å²) in [7, 11) is 0. The lowest BCUT2D eigenvalue weighted by atomic mass is 10.0. The zero-order chi connectivity index (χ0) is 21.5. The Hall–Kier alpha value is -2.81. The molecule has 1 aromatic carbocycles. The maximum absolute atomic E-state index is 12.2. The van der Waals surface area contributed by atoms with Gasteiger partial charge in [0.05, 0.1) is 17.6 Å². The molecule has 3 heterocycles. The number of fused-ring (bicyclic) bond motifs is 2. The highest BCUT2D eigenvalue weighted by Crippen LogP contribution is 2.33. The van der Waals surface area contributed by atoms with Gasteiger partial charge in [-0.2, -0.15) is 11.8 Å². The van der Waals surface area contributed by atoms with Crippen molar-refractivity contribution in [2.24, 2.45) is 0 Å². The fourth-order valence-corrected chi connectivity index (χ4v) is 5.19. The summed E-state index contributed by atoms with van der Waals surface area (Å²) in [5.41, 5.74) is 1.73. The highest BCUT2D eigenvalue weighted by atomic mass is 32.2. The van der Waals surface area contributed by atoms with E-state index in [-0.39, 0.29) is 24.0 Å². The lowest BCUT2D eigenvalue weighted by Gasteiger charge is -2.16. The first-order chi connectivity index (χ1) is 14.4. The van der Waals surface area contributed by atoms with Crippen molar-refractivity contribution in [2.45, 2.75) is 49.9 Å². The van der Waals surface area contributed by atoms with Gasteiger partial charge in [0.2, 0.25) is 5.91 Å². The zero-order valence-electron chi connectivity index (χ0n) is 16.8. The van der Waals surface area contributed by atoms with Crippen LogP contribution in [0.25, 0.3) is 10.9 Å². The number of nitrogens with zero attached hydrogens (tertiary/aromatic N) is 1. The van der Waals surface area contributed by atoms with Gasteiger partial charge in [0, 0.05) is 41.6 Å². The number of thioether (sulfide) groups is 1. The molecule has 2 saturated heterocycles. The molecular weight excluding hydrogens is 404 g/mol. The predicted molar refractivity (Wildman–Crippen MR) is 118 cm³/mol. The maximum Gasteiger partial charge on any atom is 0.315 e. The Bertz CT molecular complexity index is 919. The average Bonchev–Trinajstić information content (AvgIpc) is 3.24. The number of carbonyl (C=O) groups excluding carboxylic acids is 2. The molecule has 3 amide bonds. The van der Waals surface area contributed by atoms with E-state index in [9.17, 15) is 9.59 Å². The van der Waals surface area contributed by atoms with Gasteiger partial charge in [0.15, 0.2) is 0 Å². The molecule has 4 N–H and O–H groups in total. The minimum Gasteiger partial charge on any atom is -0.481 e. The quantitative estimate of drug-likeness (QED) is 0.413. The number of anilines is 1. The highest BCUT2D eigenvalue weighted by Gasteiger charge is 2.42. The first-order valence-electron chi connectivity index (χ1n) is 9.95. The molecule has 3 unspecified atom stereocenters. The third kappa shape index (κ3) is 6.09. The SMILES string of the molecule is CC(=O)O.O=C(CCCCC1SCC2NC(=O)NC21)Nc1ccc2ncccc2c1. The summed E-state index contributed by atoms with van der Waals surface area (Å²) in [6, 6.07) is 10.1. The van der Waals surface area contributed by atoms with Crippen LogP contribution >= 0.6 is 11.8 Å². The number of nitrogens with one attached hydrogen (secondary N) is 3. The topological polar surface area (TPSA) is 120 Å². The molecule has 2 aliphatic rings. The molecule has 2 fully saturated rings. The number of unbranched alkanes of at least 4 members (excludes halogenated alkanes) is 1. The fraction of sp³-hybridized carbons (Fsp3) is 0.429. The smallest absolute Gasteiger partial charge is 0.315 e. The van der Waals surface area contributed by atoms with E-state index in [1.54, 1.807) is 6.20 Å². The third-order valence-electron chi connectivity index (χ3n) is 4.97. The van der Waals surface area contributed by atoms with Gasteiger partial charge in [-0.15, -0.1) is 0 Å². The number of hydrogen-bond donors (Lipinski definition) is 4. The van der Waals surface area contributed by atoms with Crippen LogP contribution in [0.3, 0.4) is 0 Å². The van der Waals surface area contributed by atoms with Crippen LogP contribution in [0.2, 0.25) is 0 Å². The van der Waals surface area contributed by atoms with Crippen LogP contribution in [0, 0.1) is 0 Å². The monoisotopic (exact) mass is 430 g/mol. The standard InChI is InChI=1S/C19H22N4O2S.C2H4O2/c24-17(21-13-7-8-14-12(10-13)4-3-9-20-14)6-2-1-5-16-18-15(11-26-16)22-19(25)23-18;1-2(3)4/h3-4,7-10,15-16,18H,1-2,5-6,11H2,(H,21,24)(H2,22,23,25);1H3,(H,3,4). The average molecular weight is 431 g/mol. The normalized spacial score (nSPS) is 21.8. The van der Waals surface area contributed by atoms with Crippen molar-refractivity contribution in [3.63, 3.8) is 0 Å². The molecule has 8 nitrogen and oxygen atoms in total. The van der Waals surface area contributed by atoms with Crippen LogP contribution in [0.1, 0.15) is 32.6 Å². The molecule has 0 bridgehead atoms. The Morgan fingerprint density at radius 2 is 2.07 bits per heavy atom. The van der Waals surface area contributed by atoms with E-state index in [0.29, 0.717) is 11.7 Å². The van der Waals surface area contributed by atoms with Crippen LogP contribution in [-0.2, 0) is 9.59 Å². The van der Waals surface area contributed by atoms with Gasteiger partial charge in [-0.05, 0) is 37.1 Å². The van der Waals surface area contributed by atoms with Crippen LogP contribution in [0.15, 0.2) is 36.5 Å². The number of aromatic nitrogens is 1. The number of carboxylic acid groups (broad SMARTS) is 1. The van der Waals surface area contributed by atoms with Crippen LogP contribution in [0.5, 0.6) is 0 Å². The predicted octanol–water partition coefficient (Wildman–Crippen LogP) is 2.99. The summed E-state index contributed by atoms with van der Waals surface area (Å²) in [6.45, 7) is 1.08. The number of aliphatic carboxylic acids is 1. The Morgan fingerprint density at radius 1 is 1.27 bits per heavy atom. The minimum atomic E-state index is -0.833. The minimum absolute atomic E-state index is 0.0426. The molecule has 1 aromatic heterocycles. The summed E-state index contributed by atoms with van der Waals surface area (Å²) in [6.07, 6.45) is 5.16. The summed E-state index contributed by atoms with van der Waals surface area (Å²) in [5.74, 6) is 0.187. The first kappa shape index (κ1) is 21.9. The Morgan fingerprint density at radius 3 is 2.87 bits per heavy atom. The van der Waals surface area contributed by atoms with Crippen molar-refractivity contribution in [2.75, 3.05) is 11.1 Å². The molecule has 0 saturated carbocycles. The van der Waals surface area contributed by atoms with Crippen LogP contribution in [0.4, 0.5) is 10.5 Å². The third-order valence-corrected chi connectivity index (χ3v) is 6.48. The molecule has 0 radical (unpaired) electrons. The van der Waals surface area contributed by atoms with Gasteiger partial charge < -0.3 is 21.1 Å². The molecule has 0 spiro atoms. The highest BCUT2D eigenvalue weighted by molar-refractivity contribution is 8.00. The van der Waals surface area contributed by atoms with Crippen molar-refractivity contribution in [1.82, 2.24) is 15.6 Å². The second-order valence-electron chi connectivity index (χ2n) is 7.35. The first-order valence-corrected chi connectivity index (χ1v) is 11.0. The molecule has 9 heteroatoms. The van der Waals surface area contributed by atoms with E-state index >= 15 is 0 Å². The number of carbonyl (C=O) groups is 3. The summed E-state index contributed by atoms with van der Waals surface area (Å²) >= 11 is 1.92. The summed E-state index contributed by atoms with van der Waals surface area (Å²) in [4.78, 5) is 36.8.